The predicted octanol–water partition coefficient (Wildman–Crippen LogP) is 0.887. The molecule has 1 aliphatic rings. The Kier molecular flexibility index (Phi) is 7.88. The molecule has 2 heterocycles. The molecule has 13 nitrogen and oxygen atoms in total. The van der Waals surface area contributed by atoms with Crippen LogP contribution < -0.4 is 10.3 Å². The minimum Gasteiger partial charge on any atom is -0.477 e. The van der Waals surface area contributed by atoms with Crippen LogP contribution in [0, 0.1) is 0 Å². The number of fused-ring (bicyclic) bond motifs is 1. The molecule has 2 aromatic rings. The van der Waals surface area contributed by atoms with E-state index in [1.54, 1.807) is 22.5 Å². The number of aliphatic hydroxyl groups is 1. The van der Waals surface area contributed by atoms with Crippen LogP contribution >= 0.6 is 26.8 Å². The molecule has 1 aromatic carbocycles. The zero-order chi connectivity index (χ0) is 26.3. The Bertz CT molecular complexity index is 1270. The number of aromatic nitrogens is 1. The molecule has 0 saturated carbocycles. The second-order valence-corrected chi connectivity index (χ2v) is 12.6. The van der Waals surface area contributed by atoms with E-state index in [1.807, 2.05) is 4.90 Å². The lowest BCUT2D eigenvalue weighted by atomic mass is 10.1. The Morgan fingerprint density at radius 2 is 1.66 bits per heavy atom. The van der Waals surface area contributed by atoms with E-state index in [0.29, 0.717) is 43.9 Å². The molecule has 194 valence electrons. The van der Waals surface area contributed by atoms with Crippen LogP contribution in [-0.2, 0) is 15.7 Å². The summed E-state index contributed by atoms with van der Waals surface area (Å²) in [5.74, 6) is -1.33. The topological polar surface area (TPSA) is 201 Å². The van der Waals surface area contributed by atoms with Gasteiger partial charge in [-0.3, -0.25) is 18.8 Å². The van der Waals surface area contributed by atoms with Gasteiger partial charge in [-0.15, -0.1) is 0 Å². The molecule has 0 atom stereocenters. The number of carbonyl (C=O) groups is 1. The minimum atomic E-state index is -5.52. The summed E-state index contributed by atoms with van der Waals surface area (Å²) in [6.45, 7) is 3.50. The first-order chi connectivity index (χ1) is 16.1. The summed E-state index contributed by atoms with van der Waals surface area (Å²) in [6.07, 6.45) is 0.457. The number of nitrogens with zero attached hydrogens (tertiary/aromatic N) is 3. The summed E-state index contributed by atoms with van der Waals surface area (Å²) in [7, 11) is -11.0. The number of rotatable bonds is 8. The van der Waals surface area contributed by atoms with Crippen LogP contribution in [0.1, 0.15) is 23.7 Å². The van der Waals surface area contributed by atoms with Crippen molar-refractivity contribution >= 4 is 49.4 Å². The number of anilines is 1. The molecule has 0 amide bonds. The fraction of sp³-hybridized carbons (Fsp3) is 0.474. The van der Waals surface area contributed by atoms with Gasteiger partial charge in [0.1, 0.15) is 5.56 Å². The Labute approximate surface area is 204 Å². The molecule has 1 aliphatic heterocycles. The molecule has 1 saturated heterocycles. The zero-order valence-electron chi connectivity index (χ0n) is 18.6. The van der Waals surface area contributed by atoms with Gasteiger partial charge < -0.3 is 39.3 Å². The highest BCUT2D eigenvalue weighted by molar-refractivity contribution is 7.72. The van der Waals surface area contributed by atoms with Crippen LogP contribution in [0.4, 0.5) is 5.69 Å². The van der Waals surface area contributed by atoms with E-state index in [1.165, 1.54) is 12.3 Å². The van der Waals surface area contributed by atoms with Crippen molar-refractivity contribution in [2.45, 2.75) is 25.0 Å². The SMILES string of the molecule is CCn1cc(C(=O)O)c(=O)c2cc(Cl)c(N3CCN(CCC(O)(P(=O)(O)O)P(=O)(O)O)CC3)cc21. The number of aryl methyl sites for hydroxylation is 1. The van der Waals surface area contributed by atoms with Crippen molar-refractivity contribution in [2.75, 3.05) is 37.6 Å². The fourth-order valence-corrected chi connectivity index (χ4v) is 6.46. The largest absolute Gasteiger partial charge is 0.477 e. The molecule has 1 aromatic heterocycles. The molecule has 0 spiro atoms. The van der Waals surface area contributed by atoms with E-state index >= 15 is 0 Å². The summed E-state index contributed by atoms with van der Waals surface area (Å²) in [4.78, 5) is 64.8. The quantitative estimate of drug-likeness (QED) is 0.252. The van der Waals surface area contributed by atoms with Gasteiger partial charge in [0.05, 0.1) is 16.2 Å². The van der Waals surface area contributed by atoms with Gasteiger partial charge in [-0.05, 0) is 19.1 Å². The maximum atomic E-state index is 12.6. The Morgan fingerprint density at radius 1 is 1.09 bits per heavy atom. The van der Waals surface area contributed by atoms with Crippen molar-refractivity contribution in [3.8, 4) is 0 Å². The van der Waals surface area contributed by atoms with Crippen LogP contribution in [0.25, 0.3) is 10.9 Å². The number of hydrogen-bond acceptors (Lipinski definition) is 7. The Morgan fingerprint density at radius 3 is 2.14 bits per heavy atom. The molecule has 0 aliphatic carbocycles. The maximum Gasteiger partial charge on any atom is 0.369 e. The van der Waals surface area contributed by atoms with Crippen LogP contribution in [0.5, 0.6) is 0 Å². The number of halogens is 1. The monoisotopic (exact) mass is 553 g/mol. The molecule has 1 fully saturated rings. The number of carboxylic acid groups (broad SMARTS) is 1. The summed E-state index contributed by atoms with van der Waals surface area (Å²) < 4.78 is 24.7. The van der Waals surface area contributed by atoms with E-state index < -0.39 is 38.1 Å². The van der Waals surface area contributed by atoms with Gasteiger partial charge in [0, 0.05) is 57.3 Å². The second kappa shape index (κ2) is 9.93. The van der Waals surface area contributed by atoms with Crippen molar-refractivity contribution in [2.24, 2.45) is 0 Å². The van der Waals surface area contributed by atoms with Crippen LogP contribution in [0.15, 0.2) is 23.1 Å². The third-order valence-corrected chi connectivity index (χ3v) is 10.3. The van der Waals surface area contributed by atoms with E-state index in [-0.39, 0.29) is 22.5 Å². The highest BCUT2D eigenvalue weighted by Gasteiger charge is 2.59. The normalized spacial score (nSPS) is 16.1. The number of benzene rings is 1. The third-order valence-electron chi connectivity index (χ3n) is 6.13. The average Bonchev–Trinajstić information content (AvgIpc) is 2.76. The number of aromatic carboxylic acids is 1. The maximum absolute atomic E-state index is 12.6. The molecule has 0 radical (unpaired) electrons. The number of hydrogen-bond donors (Lipinski definition) is 6. The van der Waals surface area contributed by atoms with E-state index in [2.05, 4.69) is 0 Å². The van der Waals surface area contributed by atoms with Gasteiger partial charge in [0.25, 0.3) is 5.08 Å². The Balaban J connectivity index is 1.81. The van der Waals surface area contributed by atoms with Gasteiger partial charge in [-0.2, -0.15) is 0 Å². The van der Waals surface area contributed by atoms with Crippen LogP contribution in [0.3, 0.4) is 0 Å². The second-order valence-electron chi connectivity index (χ2n) is 8.22. The fourth-order valence-electron chi connectivity index (χ4n) is 4.04. The molecule has 0 bridgehead atoms. The van der Waals surface area contributed by atoms with Crippen molar-refractivity contribution in [3.05, 3.63) is 39.1 Å². The van der Waals surface area contributed by atoms with Gasteiger partial charge in [-0.25, -0.2) is 4.79 Å². The summed E-state index contributed by atoms with van der Waals surface area (Å²) >= 11 is 6.44. The van der Waals surface area contributed by atoms with Crippen LogP contribution in [-0.4, -0.2) is 83.0 Å². The number of piperazine rings is 1. The molecule has 0 unspecified atom stereocenters. The summed E-state index contributed by atoms with van der Waals surface area (Å²) in [6, 6.07) is 3.13. The molecular weight excluding hydrogens is 528 g/mol. The number of pyridine rings is 1. The molecule has 3 rings (SSSR count). The number of carboxylic acids is 1. The van der Waals surface area contributed by atoms with E-state index in [9.17, 15) is 48.5 Å². The predicted molar refractivity (Wildman–Crippen MR) is 128 cm³/mol. The van der Waals surface area contributed by atoms with Crippen molar-refractivity contribution in [3.63, 3.8) is 0 Å². The molecular formula is C19H26ClN3O10P2. The van der Waals surface area contributed by atoms with Gasteiger partial charge in [0.2, 0.25) is 5.43 Å². The first-order valence-electron chi connectivity index (χ1n) is 10.5. The van der Waals surface area contributed by atoms with Crippen molar-refractivity contribution in [1.82, 2.24) is 9.47 Å². The van der Waals surface area contributed by atoms with Crippen molar-refractivity contribution in [1.29, 1.82) is 0 Å². The van der Waals surface area contributed by atoms with Gasteiger partial charge in [-0.1, -0.05) is 11.6 Å². The summed E-state index contributed by atoms with van der Waals surface area (Å²) in [5.41, 5.74) is 0.114. The van der Waals surface area contributed by atoms with Crippen molar-refractivity contribution < 1.29 is 43.7 Å². The highest BCUT2D eigenvalue weighted by Crippen LogP contribution is 2.68. The molecule has 35 heavy (non-hydrogen) atoms. The third kappa shape index (κ3) is 5.34. The molecule has 6 N–H and O–H groups in total. The van der Waals surface area contributed by atoms with E-state index in [0.717, 1.165) is 0 Å². The standard InChI is InChI=1S/C19H26ClN3O10P2/c1-2-22-11-13(18(25)26)17(24)12-9-14(20)16(10-15(12)22)23-7-5-21(6-8-23)4-3-19(27,34(28,29)30)35(31,32)33/h9-11,27H,2-8H2,1H3,(H,25,26)(H2,28,29,30)(H2,31,32,33). The average molecular weight is 554 g/mol. The Hall–Kier alpha value is -1.79. The minimum absolute atomic E-state index is 0.167. The smallest absolute Gasteiger partial charge is 0.369 e. The lowest BCUT2D eigenvalue weighted by molar-refractivity contribution is 0.0694. The summed E-state index contributed by atoms with van der Waals surface area (Å²) in [5, 5.41) is 16.3. The highest BCUT2D eigenvalue weighted by atomic mass is 35.5. The lowest BCUT2D eigenvalue weighted by Gasteiger charge is -2.38. The van der Waals surface area contributed by atoms with Crippen LogP contribution in [0.2, 0.25) is 5.02 Å². The van der Waals surface area contributed by atoms with Gasteiger partial charge >= 0.3 is 21.2 Å². The zero-order valence-corrected chi connectivity index (χ0v) is 21.2. The van der Waals surface area contributed by atoms with E-state index in [4.69, 9.17) is 11.6 Å². The first kappa shape index (κ1) is 27.8. The van der Waals surface area contributed by atoms with Gasteiger partial charge in [0.15, 0.2) is 0 Å². The first-order valence-corrected chi connectivity index (χ1v) is 14.1. The molecule has 16 heteroatoms. The lowest BCUT2D eigenvalue weighted by Crippen LogP contribution is -2.48.